The molecule has 6 nitrogen and oxygen atoms in total. The van der Waals surface area contributed by atoms with Crippen molar-refractivity contribution in [1.29, 1.82) is 5.26 Å². The van der Waals surface area contributed by atoms with Crippen LogP contribution in [0, 0.1) is 11.3 Å². The van der Waals surface area contributed by atoms with Crippen LogP contribution >= 0.6 is 0 Å². The van der Waals surface area contributed by atoms with Gasteiger partial charge in [0, 0.05) is 31.1 Å². The van der Waals surface area contributed by atoms with Crippen molar-refractivity contribution in [2.45, 2.75) is 12.5 Å². The molecule has 0 spiro atoms. The van der Waals surface area contributed by atoms with Gasteiger partial charge in [0.1, 0.15) is 5.75 Å². The van der Waals surface area contributed by atoms with Crippen LogP contribution in [-0.2, 0) is 6.54 Å². The second kappa shape index (κ2) is 7.79. The lowest BCUT2D eigenvalue weighted by Crippen LogP contribution is -2.23. The van der Waals surface area contributed by atoms with Crippen LogP contribution in [-0.4, -0.2) is 26.1 Å². The molecule has 25 heavy (non-hydrogen) atoms. The third-order valence-electron chi connectivity index (χ3n) is 4.29. The SMILES string of the molecule is COc1cc(C(=O)NCc2ccc(C#N)cc2)ccc1C1CNNC1. The van der Waals surface area contributed by atoms with E-state index in [1.807, 2.05) is 24.3 Å². The van der Waals surface area contributed by atoms with E-state index in [0.29, 0.717) is 23.6 Å². The van der Waals surface area contributed by atoms with E-state index in [1.165, 1.54) is 0 Å². The van der Waals surface area contributed by atoms with Crippen molar-refractivity contribution in [3.63, 3.8) is 0 Å². The van der Waals surface area contributed by atoms with Gasteiger partial charge in [-0.05, 0) is 35.4 Å². The highest BCUT2D eigenvalue weighted by Crippen LogP contribution is 2.28. The zero-order valence-electron chi connectivity index (χ0n) is 14.0. The fraction of sp³-hybridized carbons (Fsp3) is 0.263. The highest BCUT2D eigenvalue weighted by molar-refractivity contribution is 5.94. The molecule has 1 fully saturated rings. The third kappa shape index (κ3) is 3.97. The Morgan fingerprint density at radius 1 is 1.24 bits per heavy atom. The molecule has 0 bridgehead atoms. The molecular weight excluding hydrogens is 316 g/mol. The lowest BCUT2D eigenvalue weighted by molar-refractivity contribution is 0.0950. The Morgan fingerprint density at radius 3 is 2.60 bits per heavy atom. The smallest absolute Gasteiger partial charge is 0.251 e. The largest absolute Gasteiger partial charge is 0.496 e. The number of rotatable bonds is 5. The second-order valence-electron chi connectivity index (χ2n) is 5.91. The molecular formula is C19H20N4O2. The van der Waals surface area contributed by atoms with Crippen LogP contribution in [0.1, 0.15) is 33.0 Å². The maximum Gasteiger partial charge on any atom is 0.251 e. The number of ether oxygens (including phenoxy) is 1. The number of nitriles is 1. The molecule has 0 aromatic heterocycles. The minimum Gasteiger partial charge on any atom is -0.496 e. The third-order valence-corrected chi connectivity index (χ3v) is 4.29. The molecule has 1 heterocycles. The summed E-state index contributed by atoms with van der Waals surface area (Å²) in [5.74, 6) is 0.893. The van der Waals surface area contributed by atoms with Gasteiger partial charge in [-0.15, -0.1) is 0 Å². The van der Waals surface area contributed by atoms with Gasteiger partial charge in [0.25, 0.3) is 5.91 Å². The minimum atomic E-state index is -0.156. The lowest BCUT2D eigenvalue weighted by Gasteiger charge is -2.14. The van der Waals surface area contributed by atoms with E-state index in [4.69, 9.17) is 10.00 Å². The van der Waals surface area contributed by atoms with Crippen LogP contribution in [0.4, 0.5) is 0 Å². The van der Waals surface area contributed by atoms with Gasteiger partial charge in [-0.25, -0.2) is 0 Å². The number of carbonyl (C=O) groups is 1. The number of benzene rings is 2. The predicted octanol–water partition coefficient (Wildman–Crippen LogP) is 1.69. The molecule has 2 aromatic carbocycles. The van der Waals surface area contributed by atoms with Gasteiger partial charge in [-0.1, -0.05) is 18.2 Å². The minimum absolute atomic E-state index is 0.156. The van der Waals surface area contributed by atoms with Crippen LogP contribution in [0.25, 0.3) is 0 Å². The van der Waals surface area contributed by atoms with Crippen LogP contribution in [0.5, 0.6) is 5.75 Å². The van der Waals surface area contributed by atoms with Crippen molar-refractivity contribution in [3.8, 4) is 11.8 Å². The first kappa shape index (κ1) is 17.0. The first-order chi connectivity index (χ1) is 12.2. The van der Waals surface area contributed by atoms with Gasteiger partial charge in [0.15, 0.2) is 0 Å². The molecule has 0 saturated carbocycles. The summed E-state index contributed by atoms with van der Waals surface area (Å²) in [6, 6.07) is 14.8. The number of methoxy groups -OCH3 is 1. The summed E-state index contributed by atoms with van der Waals surface area (Å²) in [7, 11) is 1.62. The van der Waals surface area contributed by atoms with E-state index in [9.17, 15) is 4.79 Å². The van der Waals surface area contributed by atoms with Crippen molar-refractivity contribution in [1.82, 2.24) is 16.2 Å². The molecule has 3 rings (SSSR count). The molecule has 128 valence electrons. The maximum absolute atomic E-state index is 12.4. The Kier molecular flexibility index (Phi) is 5.29. The Balaban J connectivity index is 1.67. The number of hydrogen-bond acceptors (Lipinski definition) is 5. The second-order valence-corrected chi connectivity index (χ2v) is 5.91. The number of amides is 1. The van der Waals surface area contributed by atoms with Crippen LogP contribution in [0.3, 0.4) is 0 Å². The summed E-state index contributed by atoms with van der Waals surface area (Å²) in [6.07, 6.45) is 0. The topological polar surface area (TPSA) is 86.2 Å². The molecule has 0 aliphatic carbocycles. The number of nitrogens with zero attached hydrogens (tertiary/aromatic N) is 1. The lowest BCUT2D eigenvalue weighted by atomic mass is 9.97. The predicted molar refractivity (Wildman–Crippen MR) is 94.1 cm³/mol. The van der Waals surface area contributed by atoms with Gasteiger partial charge in [-0.2, -0.15) is 5.26 Å². The zero-order valence-corrected chi connectivity index (χ0v) is 14.0. The summed E-state index contributed by atoms with van der Waals surface area (Å²) < 4.78 is 5.47. The van der Waals surface area contributed by atoms with Gasteiger partial charge in [0.05, 0.1) is 18.7 Å². The Hall–Kier alpha value is -2.88. The van der Waals surface area contributed by atoms with Crippen molar-refractivity contribution in [2.75, 3.05) is 20.2 Å². The summed E-state index contributed by atoms with van der Waals surface area (Å²) in [6.45, 7) is 2.08. The number of nitrogens with one attached hydrogen (secondary N) is 3. The van der Waals surface area contributed by atoms with Gasteiger partial charge in [0.2, 0.25) is 0 Å². The molecule has 6 heteroatoms. The summed E-state index contributed by atoms with van der Waals surface area (Å²) in [4.78, 5) is 12.4. The van der Waals surface area contributed by atoms with E-state index in [-0.39, 0.29) is 5.91 Å². The first-order valence-electron chi connectivity index (χ1n) is 8.12. The molecule has 0 radical (unpaired) electrons. The number of hydrazine groups is 1. The Morgan fingerprint density at radius 2 is 1.96 bits per heavy atom. The number of carbonyl (C=O) groups excluding carboxylic acids is 1. The quantitative estimate of drug-likeness (QED) is 0.773. The Labute approximate surface area is 146 Å². The van der Waals surface area contributed by atoms with Crippen molar-refractivity contribution in [3.05, 3.63) is 64.7 Å². The highest BCUT2D eigenvalue weighted by Gasteiger charge is 2.21. The maximum atomic E-state index is 12.4. The molecule has 1 aliphatic rings. The van der Waals surface area contributed by atoms with Crippen LogP contribution in [0.15, 0.2) is 42.5 Å². The zero-order chi connectivity index (χ0) is 17.6. The average Bonchev–Trinajstić information content (AvgIpc) is 3.20. The molecule has 0 unspecified atom stereocenters. The summed E-state index contributed by atoms with van der Waals surface area (Å²) >= 11 is 0. The standard InChI is InChI=1S/C19H20N4O2/c1-25-18-8-15(6-7-17(18)16-11-22-23-12-16)19(24)21-10-14-4-2-13(9-20)3-5-14/h2-8,16,22-23H,10-12H2,1H3,(H,21,24). The van der Waals surface area contributed by atoms with Gasteiger partial charge < -0.3 is 10.1 Å². The molecule has 2 aromatic rings. The summed E-state index contributed by atoms with van der Waals surface area (Å²) in [5.41, 5.74) is 9.40. The molecule has 1 amide bonds. The monoisotopic (exact) mass is 336 g/mol. The van der Waals surface area contributed by atoms with E-state index in [1.54, 1.807) is 25.3 Å². The van der Waals surface area contributed by atoms with E-state index < -0.39 is 0 Å². The average molecular weight is 336 g/mol. The van der Waals surface area contributed by atoms with Crippen molar-refractivity contribution in [2.24, 2.45) is 0 Å². The van der Waals surface area contributed by atoms with E-state index >= 15 is 0 Å². The van der Waals surface area contributed by atoms with Gasteiger partial charge in [-0.3, -0.25) is 15.6 Å². The van der Waals surface area contributed by atoms with E-state index in [0.717, 1.165) is 30.0 Å². The number of hydrogen-bond donors (Lipinski definition) is 3. The normalized spacial score (nSPS) is 14.1. The molecule has 1 aliphatic heterocycles. The van der Waals surface area contributed by atoms with Crippen molar-refractivity contribution < 1.29 is 9.53 Å². The highest BCUT2D eigenvalue weighted by atomic mass is 16.5. The van der Waals surface area contributed by atoms with Crippen LogP contribution < -0.4 is 20.9 Å². The van der Waals surface area contributed by atoms with E-state index in [2.05, 4.69) is 22.2 Å². The van der Waals surface area contributed by atoms with Gasteiger partial charge >= 0.3 is 0 Å². The van der Waals surface area contributed by atoms with Crippen LogP contribution in [0.2, 0.25) is 0 Å². The Bertz CT molecular complexity index is 790. The molecule has 3 N–H and O–H groups in total. The fourth-order valence-electron chi connectivity index (χ4n) is 2.85. The molecule has 0 atom stereocenters. The van der Waals surface area contributed by atoms with Crippen molar-refractivity contribution >= 4 is 5.91 Å². The molecule has 1 saturated heterocycles. The summed E-state index contributed by atoms with van der Waals surface area (Å²) in [5, 5.41) is 11.7. The fourth-order valence-corrected chi connectivity index (χ4v) is 2.85. The first-order valence-corrected chi connectivity index (χ1v) is 8.12.